The third-order valence-corrected chi connectivity index (χ3v) is 7.34. The number of benzene rings is 2. The minimum Gasteiger partial charge on any atom is -0.463 e. The molecule has 2 heterocycles. The molecule has 8 heteroatoms. The monoisotopic (exact) mass is 514 g/mol. The Morgan fingerprint density at radius 1 is 1.03 bits per heavy atom. The molecule has 1 atom stereocenters. The molecule has 2 amide bonds. The first-order valence-electron chi connectivity index (χ1n) is 11.8. The number of halogens is 2. The van der Waals surface area contributed by atoms with Gasteiger partial charge in [-0.15, -0.1) is 0 Å². The van der Waals surface area contributed by atoms with Crippen molar-refractivity contribution in [1.82, 2.24) is 9.80 Å². The van der Waals surface area contributed by atoms with E-state index >= 15 is 0 Å². The maximum atomic E-state index is 13.2. The molecule has 2 aliphatic rings. The standard InChI is InChI=1S/C27H28Cl2N2O4/c1-3-35-27(34)25-17(2)31(24(32)15-21(25)20-10-11-22(28)23(29)14-20)16-18-6-8-19(9-7-18)26(33)30-12-4-5-13-30/h6-11,14,21H,3-5,12-13,15-16H2,1-2H3/t21-/m0/s1. The molecule has 0 unspecified atom stereocenters. The van der Waals surface area contributed by atoms with Crippen LogP contribution in [0.4, 0.5) is 0 Å². The van der Waals surface area contributed by atoms with Crippen LogP contribution in [0, 0.1) is 0 Å². The average Bonchev–Trinajstić information content (AvgIpc) is 3.38. The predicted octanol–water partition coefficient (Wildman–Crippen LogP) is 5.58. The lowest BCUT2D eigenvalue weighted by atomic mass is 9.83. The number of carbonyl (C=O) groups is 3. The molecule has 184 valence electrons. The summed E-state index contributed by atoms with van der Waals surface area (Å²) in [6, 6.07) is 12.5. The van der Waals surface area contributed by atoms with Crippen molar-refractivity contribution in [3.05, 3.63) is 80.5 Å². The first kappa shape index (κ1) is 25.3. The molecule has 0 N–H and O–H groups in total. The third-order valence-electron chi connectivity index (χ3n) is 6.60. The number of nitrogens with zero attached hydrogens (tertiary/aromatic N) is 2. The van der Waals surface area contributed by atoms with E-state index in [1.165, 1.54) is 0 Å². The van der Waals surface area contributed by atoms with Gasteiger partial charge >= 0.3 is 5.97 Å². The Hall–Kier alpha value is -2.83. The van der Waals surface area contributed by atoms with Crippen LogP contribution < -0.4 is 0 Å². The summed E-state index contributed by atoms with van der Waals surface area (Å²) in [5, 5.41) is 0.771. The van der Waals surface area contributed by atoms with E-state index in [1.54, 1.807) is 49.1 Å². The highest BCUT2D eigenvalue weighted by Gasteiger charge is 2.37. The number of rotatable bonds is 6. The maximum Gasteiger partial charge on any atom is 0.336 e. The summed E-state index contributed by atoms with van der Waals surface area (Å²) < 4.78 is 5.35. The first-order valence-corrected chi connectivity index (χ1v) is 12.6. The van der Waals surface area contributed by atoms with E-state index in [-0.39, 0.29) is 24.8 Å². The molecule has 2 aliphatic heterocycles. The number of hydrogen-bond donors (Lipinski definition) is 0. The minimum atomic E-state index is -0.479. The fourth-order valence-corrected chi connectivity index (χ4v) is 5.04. The van der Waals surface area contributed by atoms with Crippen LogP contribution in [0.25, 0.3) is 0 Å². The number of hydrogen-bond acceptors (Lipinski definition) is 4. The van der Waals surface area contributed by atoms with Crippen molar-refractivity contribution in [1.29, 1.82) is 0 Å². The van der Waals surface area contributed by atoms with Crippen molar-refractivity contribution in [3.8, 4) is 0 Å². The zero-order valence-corrected chi connectivity index (χ0v) is 21.4. The van der Waals surface area contributed by atoms with Crippen molar-refractivity contribution in [2.75, 3.05) is 19.7 Å². The fraction of sp³-hybridized carbons (Fsp3) is 0.370. The van der Waals surface area contributed by atoms with Gasteiger partial charge in [0, 0.05) is 36.7 Å². The molecule has 0 bridgehead atoms. The molecule has 0 aliphatic carbocycles. The Morgan fingerprint density at radius 2 is 1.71 bits per heavy atom. The number of likely N-dealkylation sites (tertiary alicyclic amines) is 1. The largest absolute Gasteiger partial charge is 0.463 e. The van der Waals surface area contributed by atoms with Gasteiger partial charge in [-0.25, -0.2) is 4.79 Å². The first-order chi connectivity index (χ1) is 16.8. The van der Waals surface area contributed by atoms with E-state index in [0.717, 1.165) is 37.1 Å². The molecule has 0 radical (unpaired) electrons. The van der Waals surface area contributed by atoms with Gasteiger partial charge in [0.05, 0.1) is 28.8 Å². The molecule has 6 nitrogen and oxygen atoms in total. The van der Waals surface area contributed by atoms with E-state index in [0.29, 0.717) is 33.4 Å². The van der Waals surface area contributed by atoms with Crippen LogP contribution in [0.15, 0.2) is 53.7 Å². The van der Waals surface area contributed by atoms with Crippen LogP contribution in [0.3, 0.4) is 0 Å². The number of carbonyl (C=O) groups excluding carboxylic acids is 3. The summed E-state index contributed by atoms with van der Waals surface area (Å²) in [7, 11) is 0. The number of amides is 2. The number of allylic oxidation sites excluding steroid dienone is 1. The lowest BCUT2D eigenvalue weighted by Crippen LogP contribution is -2.38. The van der Waals surface area contributed by atoms with E-state index in [4.69, 9.17) is 27.9 Å². The highest BCUT2D eigenvalue weighted by atomic mass is 35.5. The minimum absolute atomic E-state index is 0.0354. The van der Waals surface area contributed by atoms with Gasteiger partial charge in [-0.05, 0) is 62.1 Å². The second-order valence-electron chi connectivity index (χ2n) is 8.83. The molecular weight excluding hydrogens is 487 g/mol. The Morgan fingerprint density at radius 3 is 2.34 bits per heavy atom. The fourth-order valence-electron chi connectivity index (χ4n) is 4.73. The van der Waals surface area contributed by atoms with Gasteiger partial charge < -0.3 is 14.5 Å². The summed E-state index contributed by atoms with van der Waals surface area (Å²) in [5.74, 6) is -1.00. The van der Waals surface area contributed by atoms with E-state index in [9.17, 15) is 14.4 Å². The van der Waals surface area contributed by atoms with Gasteiger partial charge in [-0.3, -0.25) is 9.59 Å². The van der Waals surface area contributed by atoms with Crippen LogP contribution >= 0.6 is 23.2 Å². The Labute approximate surface area is 215 Å². The Bertz CT molecular complexity index is 1170. The maximum absolute atomic E-state index is 13.2. The van der Waals surface area contributed by atoms with Gasteiger partial charge in [0.2, 0.25) is 5.91 Å². The lowest BCUT2D eigenvalue weighted by Gasteiger charge is -2.34. The van der Waals surface area contributed by atoms with Gasteiger partial charge in [0.1, 0.15) is 0 Å². The van der Waals surface area contributed by atoms with Crippen molar-refractivity contribution in [3.63, 3.8) is 0 Å². The molecular formula is C27H28Cl2N2O4. The summed E-state index contributed by atoms with van der Waals surface area (Å²) in [5.41, 5.74) is 3.23. The van der Waals surface area contributed by atoms with Crippen LogP contribution in [-0.2, 0) is 20.9 Å². The quantitative estimate of drug-likeness (QED) is 0.471. The van der Waals surface area contributed by atoms with Crippen molar-refractivity contribution in [2.24, 2.45) is 0 Å². The van der Waals surface area contributed by atoms with Crippen LogP contribution in [0.5, 0.6) is 0 Å². The lowest BCUT2D eigenvalue weighted by molar-refractivity contribution is -0.140. The van der Waals surface area contributed by atoms with Gasteiger partial charge in [0.25, 0.3) is 5.91 Å². The molecule has 2 aromatic rings. The third kappa shape index (κ3) is 5.39. The summed E-state index contributed by atoms with van der Waals surface area (Å²) >= 11 is 12.3. The smallest absolute Gasteiger partial charge is 0.336 e. The van der Waals surface area contributed by atoms with Crippen molar-refractivity contribution >= 4 is 41.0 Å². The highest BCUT2D eigenvalue weighted by Crippen LogP contribution is 2.39. The number of ether oxygens (including phenoxy) is 1. The predicted molar refractivity (Wildman–Crippen MR) is 135 cm³/mol. The molecule has 0 aromatic heterocycles. The SMILES string of the molecule is CCOC(=O)C1=C(C)N(Cc2ccc(C(=O)N3CCCC3)cc2)C(=O)C[C@H]1c1ccc(Cl)c(Cl)c1. The van der Waals surface area contributed by atoms with Crippen LogP contribution in [-0.4, -0.2) is 47.3 Å². The average molecular weight is 515 g/mol. The summed E-state index contributed by atoms with van der Waals surface area (Å²) in [6.45, 7) is 5.62. The Kier molecular flexibility index (Phi) is 7.82. The molecule has 0 saturated carbocycles. The second kappa shape index (κ2) is 10.8. The van der Waals surface area contributed by atoms with E-state index < -0.39 is 11.9 Å². The molecule has 2 aromatic carbocycles. The van der Waals surface area contributed by atoms with Crippen molar-refractivity contribution in [2.45, 2.75) is 45.6 Å². The van der Waals surface area contributed by atoms with E-state index in [2.05, 4.69) is 0 Å². The summed E-state index contributed by atoms with van der Waals surface area (Å²) in [6.07, 6.45) is 2.19. The molecule has 4 rings (SSSR count). The topological polar surface area (TPSA) is 66.9 Å². The second-order valence-corrected chi connectivity index (χ2v) is 9.64. The molecule has 1 saturated heterocycles. The number of esters is 1. The van der Waals surface area contributed by atoms with Gasteiger partial charge in [0.15, 0.2) is 0 Å². The van der Waals surface area contributed by atoms with Crippen LogP contribution in [0.2, 0.25) is 10.0 Å². The van der Waals surface area contributed by atoms with Gasteiger partial charge in [-0.1, -0.05) is 41.4 Å². The molecule has 1 fully saturated rings. The highest BCUT2D eigenvalue weighted by molar-refractivity contribution is 6.42. The zero-order valence-electron chi connectivity index (χ0n) is 19.9. The molecule has 35 heavy (non-hydrogen) atoms. The van der Waals surface area contributed by atoms with Crippen molar-refractivity contribution < 1.29 is 19.1 Å². The molecule has 0 spiro atoms. The zero-order chi connectivity index (χ0) is 25.1. The van der Waals surface area contributed by atoms with Crippen LogP contribution in [0.1, 0.15) is 60.5 Å². The normalized spacial score (nSPS) is 18.3. The Balaban J connectivity index is 1.61. The van der Waals surface area contributed by atoms with E-state index in [1.807, 2.05) is 17.0 Å². The van der Waals surface area contributed by atoms with Gasteiger partial charge in [-0.2, -0.15) is 0 Å². The summed E-state index contributed by atoms with van der Waals surface area (Å²) in [4.78, 5) is 42.3.